The third-order valence-corrected chi connectivity index (χ3v) is 5.57. The third kappa shape index (κ3) is 5.83. The molecular formula is C20H31ClN4O3. The van der Waals surface area contributed by atoms with Gasteiger partial charge in [-0.05, 0) is 18.4 Å². The highest BCUT2D eigenvalue weighted by Gasteiger charge is 2.30. The summed E-state index contributed by atoms with van der Waals surface area (Å²) in [6, 6.07) is 9.94. The molecule has 28 heavy (non-hydrogen) atoms. The number of piperidine rings is 1. The van der Waals surface area contributed by atoms with Crippen molar-refractivity contribution in [2.45, 2.75) is 25.5 Å². The van der Waals surface area contributed by atoms with E-state index >= 15 is 0 Å². The van der Waals surface area contributed by atoms with Crippen molar-refractivity contribution in [2.75, 3.05) is 39.8 Å². The minimum absolute atomic E-state index is 0. The number of amides is 3. The number of rotatable bonds is 5. The van der Waals surface area contributed by atoms with E-state index in [0.717, 1.165) is 12.1 Å². The number of nitrogens with one attached hydrogen (secondary N) is 2. The van der Waals surface area contributed by atoms with E-state index in [4.69, 9.17) is 0 Å². The van der Waals surface area contributed by atoms with Gasteiger partial charge in [0, 0.05) is 58.2 Å². The smallest absolute Gasteiger partial charge is 0.320 e. The Morgan fingerprint density at radius 3 is 2.50 bits per heavy atom. The summed E-state index contributed by atoms with van der Waals surface area (Å²) in [7, 11) is 1.81. The highest BCUT2D eigenvalue weighted by Crippen LogP contribution is 2.19. The Labute approximate surface area is 172 Å². The summed E-state index contributed by atoms with van der Waals surface area (Å²) in [6.45, 7) is 3.62. The van der Waals surface area contributed by atoms with Crippen molar-refractivity contribution in [1.82, 2.24) is 20.4 Å². The Morgan fingerprint density at radius 1 is 1.21 bits per heavy atom. The Kier molecular flexibility index (Phi) is 8.54. The summed E-state index contributed by atoms with van der Waals surface area (Å²) in [5, 5.41) is 15.9. The van der Waals surface area contributed by atoms with Crippen LogP contribution in [0.5, 0.6) is 0 Å². The lowest BCUT2D eigenvalue weighted by atomic mass is 9.95. The molecule has 3 amide bonds. The van der Waals surface area contributed by atoms with E-state index in [0.29, 0.717) is 45.6 Å². The van der Waals surface area contributed by atoms with Crippen LogP contribution in [-0.4, -0.2) is 72.7 Å². The maximum Gasteiger partial charge on any atom is 0.320 e. The summed E-state index contributed by atoms with van der Waals surface area (Å²) in [6.07, 6.45) is 0.981. The van der Waals surface area contributed by atoms with Crippen LogP contribution < -0.4 is 10.6 Å². The fraction of sp³-hybridized carbons (Fsp3) is 0.600. The first-order chi connectivity index (χ1) is 13.0. The van der Waals surface area contributed by atoms with Gasteiger partial charge in [0.15, 0.2) is 0 Å². The molecule has 2 heterocycles. The number of hydrogen-bond acceptors (Lipinski definition) is 4. The second-order valence-corrected chi connectivity index (χ2v) is 7.62. The Bertz CT molecular complexity index is 638. The molecule has 1 aromatic carbocycles. The van der Waals surface area contributed by atoms with Gasteiger partial charge in [-0.15, -0.1) is 12.4 Å². The average molecular weight is 411 g/mol. The zero-order valence-electron chi connectivity index (χ0n) is 16.3. The molecule has 0 aliphatic carbocycles. The first-order valence-corrected chi connectivity index (χ1v) is 9.75. The molecule has 0 radical (unpaired) electrons. The van der Waals surface area contributed by atoms with E-state index in [1.54, 1.807) is 4.90 Å². The second-order valence-electron chi connectivity index (χ2n) is 7.62. The number of nitrogens with zero attached hydrogens (tertiary/aromatic N) is 2. The molecule has 0 saturated carbocycles. The fourth-order valence-electron chi connectivity index (χ4n) is 3.80. The van der Waals surface area contributed by atoms with Gasteiger partial charge in [0.05, 0.1) is 6.10 Å². The number of aliphatic hydroxyl groups is 1. The van der Waals surface area contributed by atoms with Crippen molar-refractivity contribution < 1.29 is 14.7 Å². The van der Waals surface area contributed by atoms with Gasteiger partial charge in [0.1, 0.15) is 0 Å². The molecule has 2 fully saturated rings. The monoisotopic (exact) mass is 410 g/mol. The summed E-state index contributed by atoms with van der Waals surface area (Å²) in [4.78, 5) is 28.6. The van der Waals surface area contributed by atoms with Crippen molar-refractivity contribution in [2.24, 2.45) is 11.8 Å². The van der Waals surface area contributed by atoms with Crippen molar-refractivity contribution >= 4 is 24.3 Å². The standard InChI is InChI=1S/C20H30N4O3.ClH/c1-23(14-15-5-3-2-4-6-15)20(27)24-9-7-16(8-10-24)19(26)22-12-17-11-21-13-18(17)25;/h2-6,16-18,21,25H,7-14H2,1H3,(H,22,26);1H. The molecule has 3 rings (SSSR count). The largest absolute Gasteiger partial charge is 0.391 e. The topological polar surface area (TPSA) is 84.9 Å². The van der Waals surface area contributed by atoms with Crippen molar-refractivity contribution in [1.29, 1.82) is 0 Å². The minimum atomic E-state index is -0.384. The van der Waals surface area contributed by atoms with E-state index in [2.05, 4.69) is 10.6 Å². The summed E-state index contributed by atoms with van der Waals surface area (Å²) >= 11 is 0. The van der Waals surface area contributed by atoms with Crippen molar-refractivity contribution in [3.8, 4) is 0 Å². The predicted molar refractivity (Wildman–Crippen MR) is 110 cm³/mol. The van der Waals surface area contributed by atoms with E-state index in [1.807, 2.05) is 42.3 Å². The highest BCUT2D eigenvalue weighted by atomic mass is 35.5. The third-order valence-electron chi connectivity index (χ3n) is 5.57. The normalized spacial score (nSPS) is 22.4. The molecule has 0 bridgehead atoms. The molecule has 156 valence electrons. The Morgan fingerprint density at radius 2 is 1.89 bits per heavy atom. The number of hydrogen-bond donors (Lipinski definition) is 3. The lowest BCUT2D eigenvalue weighted by Gasteiger charge is -2.34. The number of likely N-dealkylation sites (tertiary alicyclic amines) is 1. The SMILES string of the molecule is CN(Cc1ccccc1)C(=O)N1CCC(C(=O)NCC2CNCC2O)CC1.Cl. The number of halogens is 1. The van der Waals surface area contributed by atoms with Gasteiger partial charge in [-0.1, -0.05) is 30.3 Å². The maximum absolute atomic E-state index is 12.6. The molecule has 0 aromatic heterocycles. The highest BCUT2D eigenvalue weighted by molar-refractivity contribution is 5.85. The van der Waals surface area contributed by atoms with Crippen LogP contribution in [0, 0.1) is 11.8 Å². The zero-order chi connectivity index (χ0) is 19.2. The number of carbonyl (C=O) groups is 2. The lowest BCUT2D eigenvalue weighted by molar-refractivity contribution is -0.126. The van der Waals surface area contributed by atoms with Crippen LogP contribution in [-0.2, 0) is 11.3 Å². The van der Waals surface area contributed by atoms with Gasteiger partial charge in [-0.25, -0.2) is 4.79 Å². The van der Waals surface area contributed by atoms with Gasteiger partial charge in [0.2, 0.25) is 5.91 Å². The molecule has 2 aliphatic rings. The maximum atomic E-state index is 12.6. The van der Waals surface area contributed by atoms with Gasteiger partial charge in [-0.3, -0.25) is 4.79 Å². The van der Waals surface area contributed by atoms with Gasteiger partial charge < -0.3 is 25.5 Å². The van der Waals surface area contributed by atoms with Crippen LogP contribution in [0.1, 0.15) is 18.4 Å². The Balaban J connectivity index is 0.00000280. The van der Waals surface area contributed by atoms with Gasteiger partial charge >= 0.3 is 6.03 Å². The molecule has 2 aliphatic heterocycles. The molecule has 2 atom stereocenters. The number of aliphatic hydroxyl groups excluding tert-OH is 1. The zero-order valence-corrected chi connectivity index (χ0v) is 17.2. The van der Waals surface area contributed by atoms with Crippen molar-refractivity contribution in [3.05, 3.63) is 35.9 Å². The van der Waals surface area contributed by atoms with Crippen LogP contribution in [0.15, 0.2) is 30.3 Å². The first-order valence-electron chi connectivity index (χ1n) is 9.75. The lowest BCUT2D eigenvalue weighted by Crippen LogP contribution is -2.47. The van der Waals surface area contributed by atoms with Gasteiger partial charge in [-0.2, -0.15) is 0 Å². The summed E-state index contributed by atoms with van der Waals surface area (Å²) in [5.74, 6) is 0.0704. The molecular weight excluding hydrogens is 380 g/mol. The number of benzene rings is 1. The van der Waals surface area contributed by atoms with Crippen LogP contribution in [0.25, 0.3) is 0 Å². The van der Waals surface area contributed by atoms with Crippen LogP contribution in [0.3, 0.4) is 0 Å². The van der Waals surface area contributed by atoms with E-state index < -0.39 is 0 Å². The van der Waals surface area contributed by atoms with Crippen LogP contribution in [0.2, 0.25) is 0 Å². The number of carbonyl (C=O) groups excluding carboxylic acids is 2. The first kappa shape index (κ1) is 22.5. The second kappa shape index (κ2) is 10.6. The Hall–Kier alpha value is -1.83. The van der Waals surface area contributed by atoms with E-state index in [-0.39, 0.29) is 42.3 Å². The summed E-state index contributed by atoms with van der Waals surface area (Å²) in [5.41, 5.74) is 1.10. The molecule has 8 heteroatoms. The molecule has 1 aromatic rings. The van der Waals surface area contributed by atoms with Crippen LogP contribution in [0.4, 0.5) is 4.79 Å². The average Bonchev–Trinajstić information content (AvgIpc) is 3.11. The summed E-state index contributed by atoms with van der Waals surface area (Å²) < 4.78 is 0. The van der Waals surface area contributed by atoms with E-state index in [1.165, 1.54) is 0 Å². The van der Waals surface area contributed by atoms with Gasteiger partial charge in [0.25, 0.3) is 0 Å². The van der Waals surface area contributed by atoms with E-state index in [9.17, 15) is 14.7 Å². The number of urea groups is 1. The number of β-amino-alcohol motifs (C(OH)–C–C–N with tert-alkyl or cyclic N) is 1. The molecule has 7 nitrogen and oxygen atoms in total. The predicted octanol–water partition coefficient (Wildman–Crippen LogP) is 1.07. The molecule has 2 unspecified atom stereocenters. The quantitative estimate of drug-likeness (QED) is 0.677. The van der Waals surface area contributed by atoms with Crippen LogP contribution >= 0.6 is 12.4 Å². The van der Waals surface area contributed by atoms with Crippen molar-refractivity contribution in [3.63, 3.8) is 0 Å². The molecule has 3 N–H and O–H groups in total. The fourth-order valence-corrected chi connectivity index (χ4v) is 3.80. The molecule has 2 saturated heterocycles. The molecule has 0 spiro atoms. The minimum Gasteiger partial charge on any atom is -0.391 e.